The van der Waals surface area contributed by atoms with Gasteiger partial charge in [0.1, 0.15) is 0 Å². The number of carbonyl (C=O) groups is 1. The van der Waals surface area contributed by atoms with Crippen LogP contribution < -0.4 is 11.3 Å². The maximum absolute atomic E-state index is 10.2. The molecule has 1 unspecified atom stereocenters. The van der Waals surface area contributed by atoms with Gasteiger partial charge in [-0.25, -0.2) is 5.84 Å². The first kappa shape index (κ1) is 6.78. The quantitative estimate of drug-likeness (QED) is 0.185. The van der Waals surface area contributed by atoms with Gasteiger partial charge in [0.2, 0.25) is 5.91 Å². The molecule has 3 nitrogen and oxygen atoms in total. The van der Waals surface area contributed by atoms with Crippen LogP contribution in [0.1, 0.15) is 6.92 Å². The SMILES string of the molecule is CC(S)C(=O)NN. The van der Waals surface area contributed by atoms with Crippen LogP contribution >= 0.6 is 12.6 Å². The van der Waals surface area contributed by atoms with Gasteiger partial charge in [0.15, 0.2) is 0 Å². The van der Waals surface area contributed by atoms with Crippen molar-refractivity contribution in [3.05, 3.63) is 0 Å². The van der Waals surface area contributed by atoms with Gasteiger partial charge in [-0.3, -0.25) is 10.2 Å². The Balaban J connectivity index is 3.35. The van der Waals surface area contributed by atoms with E-state index >= 15 is 0 Å². The summed E-state index contributed by atoms with van der Waals surface area (Å²) in [6.07, 6.45) is 0. The molecule has 7 heavy (non-hydrogen) atoms. The van der Waals surface area contributed by atoms with E-state index in [9.17, 15) is 4.79 Å². The molecule has 1 atom stereocenters. The molecule has 0 saturated carbocycles. The molecule has 0 aromatic carbocycles. The van der Waals surface area contributed by atoms with Gasteiger partial charge in [-0.15, -0.1) is 0 Å². The summed E-state index contributed by atoms with van der Waals surface area (Å²) in [6, 6.07) is 0. The molecular formula is C3H8N2OS. The van der Waals surface area contributed by atoms with Gasteiger partial charge in [-0.2, -0.15) is 12.6 Å². The fourth-order valence-corrected chi connectivity index (χ4v) is 0.195. The van der Waals surface area contributed by atoms with Crippen molar-refractivity contribution >= 4 is 18.5 Å². The van der Waals surface area contributed by atoms with E-state index in [1.807, 2.05) is 5.43 Å². The average Bonchev–Trinajstić information content (AvgIpc) is 1.65. The molecule has 4 heteroatoms. The summed E-state index contributed by atoms with van der Waals surface area (Å²) in [4.78, 5) is 10.2. The number of thiol groups is 1. The Morgan fingerprint density at radius 1 is 2.00 bits per heavy atom. The van der Waals surface area contributed by atoms with Crippen LogP contribution in [0.5, 0.6) is 0 Å². The van der Waals surface area contributed by atoms with Crippen molar-refractivity contribution in [1.82, 2.24) is 5.43 Å². The first-order valence-electron chi connectivity index (χ1n) is 1.87. The molecule has 0 rings (SSSR count). The molecule has 0 saturated heterocycles. The molecule has 0 aromatic rings. The zero-order chi connectivity index (χ0) is 5.86. The zero-order valence-corrected chi connectivity index (χ0v) is 4.90. The molecule has 0 bridgehead atoms. The lowest BCUT2D eigenvalue weighted by atomic mass is 10.5. The Hall–Kier alpha value is -0.220. The lowest BCUT2D eigenvalue weighted by Crippen LogP contribution is -2.35. The summed E-state index contributed by atoms with van der Waals surface area (Å²) in [5.74, 6) is 4.46. The molecule has 0 aliphatic rings. The van der Waals surface area contributed by atoms with E-state index in [-0.39, 0.29) is 11.2 Å². The number of hydrogen-bond donors (Lipinski definition) is 3. The summed E-state index contributed by atoms with van der Waals surface area (Å²) < 4.78 is 0. The van der Waals surface area contributed by atoms with Crippen LogP contribution in [0.4, 0.5) is 0 Å². The highest BCUT2D eigenvalue weighted by atomic mass is 32.1. The van der Waals surface area contributed by atoms with Crippen LogP contribution in [-0.4, -0.2) is 11.2 Å². The van der Waals surface area contributed by atoms with E-state index in [4.69, 9.17) is 5.84 Å². The Kier molecular flexibility index (Phi) is 2.78. The second-order valence-electron chi connectivity index (χ2n) is 1.18. The van der Waals surface area contributed by atoms with Crippen LogP contribution in [0.3, 0.4) is 0 Å². The molecule has 0 aromatic heterocycles. The van der Waals surface area contributed by atoms with Crippen LogP contribution in [-0.2, 0) is 4.79 Å². The third-order valence-electron chi connectivity index (χ3n) is 0.522. The van der Waals surface area contributed by atoms with E-state index in [0.717, 1.165) is 0 Å². The van der Waals surface area contributed by atoms with Crippen molar-refractivity contribution in [2.75, 3.05) is 0 Å². The highest BCUT2D eigenvalue weighted by Gasteiger charge is 2.02. The van der Waals surface area contributed by atoms with Gasteiger partial charge in [-0.1, -0.05) is 0 Å². The van der Waals surface area contributed by atoms with Crippen molar-refractivity contribution in [2.45, 2.75) is 12.2 Å². The minimum Gasteiger partial charge on any atom is -0.293 e. The number of rotatable bonds is 1. The summed E-state index contributed by atoms with van der Waals surface area (Å²) in [6.45, 7) is 1.64. The summed E-state index contributed by atoms with van der Waals surface area (Å²) in [7, 11) is 0. The van der Waals surface area contributed by atoms with Gasteiger partial charge in [-0.05, 0) is 6.92 Å². The third-order valence-corrected chi connectivity index (χ3v) is 0.756. The molecule has 0 spiro atoms. The molecule has 0 fully saturated rings. The predicted molar refractivity (Wildman–Crippen MR) is 30.8 cm³/mol. The molecule has 1 amide bonds. The van der Waals surface area contributed by atoms with Crippen molar-refractivity contribution < 1.29 is 4.79 Å². The topological polar surface area (TPSA) is 55.1 Å². The Labute approximate surface area is 47.6 Å². The number of nitrogens with two attached hydrogens (primary N) is 1. The number of hydrazine groups is 1. The number of nitrogens with one attached hydrogen (secondary N) is 1. The van der Waals surface area contributed by atoms with Gasteiger partial charge >= 0.3 is 0 Å². The maximum Gasteiger partial charge on any atom is 0.246 e. The second-order valence-corrected chi connectivity index (χ2v) is 1.96. The van der Waals surface area contributed by atoms with Crippen molar-refractivity contribution in [1.29, 1.82) is 0 Å². The smallest absolute Gasteiger partial charge is 0.246 e. The highest BCUT2D eigenvalue weighted by molar-refractivity contribution is 7.81. The molecule has 0 radical (unpaired) electrons. The first-order valence-corrected chi connectivity index (χ1v) is 2.38. The molecule has 3 N–H and O–H groups in total. The molecule has 0 aliphatic heterocycles. The van der Waals surface area contributed by atoms with Gasteiger partial charge in [0.25, 0.3) is 0 Å². The normalized spacial score (nSPS) is 13.0. The van der Waals surface area contributed by atoms with Crippen LogP contribution in [0.25, 0.3) is 0 Å². The lowest BCUT2D eigenvalue weighted by Gasteiger charge is -1.97. The Bertz CT molecular complexity index is 73.3. The first-order chi connectivity index (χ1) is 3.18. The van der Waals surface area contributed by atoms with E-state index in [1.54, 1.807) is 6.92 Å². The predicted octanol–water partition coefficient (Wildman–Crippen LogP) is -0.705. The van der Waals surface area contributed by atoms with Crippen LogP contribution in [0, 0.1) is 0 Å². The summed E-state index contributed by atoms with van der Waals surface area (Å²) in [5.41, 5.74) is 1.95. The number of carbonyl (C=O) groups excluding carboxylic acids is 1. The van der Waals surface area contributed by atoms with E-state index in [2.05, 4.69) is 12.6 Å². The maximum atomic E-state index is 10.2. The third kappa shape index (κ3) is 2.47. The fraction of sp³-hybridized carbons (Fsp3) is 0.667. The Morgan fingerprint density at radius 2 is 2.43 bits per heavy atom. The number of hydrogen-bond acceptors (Lipinski definition) is 3. The van der Waals surface area contributed by atoms with Gasteiger partial charge in [0, 0.05) is 0 Å². The minimum atomic E-state index is -0.315. The lowest BCUT2D eigenvalue weighted by molar-refractivity contribution is -0.120. The second kappa shape index (κ2) is 2.87. The van der Waals surface area contributed by atoms with Gasteiger partial charge < -0.3 is 0 Å². The van der Waals surface area contributed by atoms with Crippen LogP contribution in [0.2, 0.25) is 0 Å². The zero-order valence-electron chi connectivity index (χ0n) is 4.01. The standard InChI is InChI=1S/C3H8N2OS/c1-2(7)3(6)5-4/h2,7H,4H2,1H3,(H,5,6). The van der Waals surface area contributed by atoms with E-state index < -0.39 is 0 Å². The highest BCUT2D eigenvalue weighted by Crippen LogP contribution is 1.88. The largest absolute Gasteiger partial charge is 0.293 e. The van der Waals surface area contributed by atoms with E-state index in [1.165, 1.54) is 0 Å². The molecule has 0 heterocycles. The average molecular weight is 120 g/mol. The summed E-state index contributed by atoms with van der Waals surface area (Å²) >= 11 is 3.78. The molecule has 42 valence electrons. The number of amides is 1. The minimum absolute atomic E-state index is 0.261. The monoisotopic (exact) mass is 120 g/mol. The fourth-order valence-electron chi connectivity index (χ4n) is 0.121. The van der Waals surface area contributed by atoms with E-state index in [0.29, 0.717) is 0 Å². The summed E-state index contributed by atoms with van der Waals surface area (Å²) in [5, 5.41) is -0.315. The van der Waals surface area contributed by atoms with Crippen LogP contribution in [0.15, 0.2) is 0 Å². The Morgan fingerprint density at radius 3 is 2.43 bits per heavy atom. The molecule has 0 aliphatic carbocycles. The van der Waals surface area contributed by atoms with Gasteiger partial charge in [0.05, 0.1) is 5.25 Å². The van der Waals surface area contributed by atoms with Crippen molar-refractivity contribution in [3.63, 3.8) is 0 Å². The molecular weight excluding hydrogens is 112 g/mol. The van der Waals surface area contributed by atoms with Crippen molar-refractivity contribution in [3.8, 4) is 0 Å². The van der Waals surface area contributed by atoms with Crippen molar-refractivity contribution in [2.24, 2.45) is 5.84 Å².